The van der Waals surface area contributed by atoms with Gasteiger partial charge in [0.25, 0.3) is 0 Å². The number of anilines is 1. The molecule has 2 rings (SSSR count). The van der Waals surface area contributed by atoms with E-state index in [0.717, 1.165) is 17.4 Å². The van der Waals surface area contributed by atoms with Crippen LogP contribution in [0.5, 0.6) is 5.75 Å². The number of nitrogens with one attached hydrogen (secondary N) is 1. The minimum Gasteiger partial charge on any atom is -0.491 e. The van der Waals surface area contributed by atoms with Crippen molar-refractivity contribution in [2.75, 3.05) is 5.32 Å². The third-order valence-corrected chi connectivity index (χ3v) is 3.37. The molecule has 2 aromatic rings. The van der Waals surface area contributed by atoms with E-state index in [9.17, 15) is 8.78 Å². The van der Waals surface area contributed by atoms with Gasteiger partial charge >= 0.3 is 0 Å². The summed E-state index contributed by atoms with van der Waals surface area (Å²) in [5, 5.41) is 2.96. The quantitative estimate of drug-likeness (QED) is 0.802. The van der Waals surface area contributed by atoms with Gasteiger partial charge in [-0.1, -0.05) is 12.1 Å². The van der Waals surface area contributed by atoms with E-state index in [1.807, 2.05) is 38.1 Å². The largest absolute Gasteiger partial charge is 0.491 e. The molecule has 0 spiro atoms. The summed E-state index contributed by atoms with van der Waals surface area (Å²) in [4.78, 5) is 0. The average molecular weight is 356 g/mol. The van der Waals surface area contributed by atoms with Crippen molar-refractivity contribution in [2.24, 2.45) is 0 Å². The highest BCUT2D eigenvalue weighted by molar-refractivity contribution is 9.10. The molecule has 0 aliphatic rings. The van der Waals surface area contributed by atoms with Gasteiger partial charge in [-0.25, -0.2) is 8.78 Å². The molecule has 2 nitrogen and oxygen atoms in total. The minimum atomic E-state index is -0.628. The van der Waals surface area contributed by atoms with Crippen LogP contribution in [0.25, 0.3) is 0 Å². The summed E-state index contributed by atoms with van der Waals surface area (Å²) in [6, 6.07) is 9.63. The lowest BCUT2D eigenvalue weighted by atomic mass is 10.2. The Labute approximate surface area is 131 Å². The Hall–Kier alpha value is -1.62. The summed E-state index contributed by atoms with van der Waals surface area (Å²) < 4.78 is 32.7. The molecule has 5 heteroatoms. The first-order valence-electron chi connectivity index (χ1n) is 6.59. The maximum absolute atomic E-state index is 13.7. The first-order valence-corrected chi connectivity index (χ1v) is 7.39. The van der Waals surface area contributed by atoms with Crippen LogP contribution in [0.1, 0.15) is 19.4 Å². The maximum Gasteiger partial charge on any atom is 0.150 e. The van der Waals surface area contributed by atoms with Crippen molar-refractivity contribution < 1.29 is 13.5 Å². The fourth-order valence-corrected chi connectivity index (χ4v) is 2.45. The highest BCUT2D eigenvalue weighted by Gasteiger charge is 2.09. The second kappa shape index (κ2) is 6.89. The van der Waals surface area contributed by atoms with Crippen LogP contribution in [0.3, 0.4) is 0 Å². The van der Waals surface area contributed by atoms with Gasteiger partial charge in [0.05, 0.1) is 11.8 Å². The monoisotopic (exact) mass is 355 g/mol. The van der Waals surface area contributed by atoms with Gasteiger partial charge in [0.1, 0.15) is 17.4 Å². The summed E-state index contributed by atoms with van der Waals surface area (Å²) in [5.74, 6) is -0.475. The van der Waals surface area contributed by atoms with Crippen LogP contribution in [0.2, 0.25) is 0 Å². The second-order valence-corrected chi connectivity index (χ2v) is 5.77. The summed E-state index contributed by atoms with van der Waals surface area (Å²) >= 11 is 3.15. The van der Waals surface area contributed by atoms with Gasteiger partial charge in [0, 0.05) is 17.1 Å². The maximum atomic E-state index is 13.7. The summed E-state index contributed by atoms with van der Waals surface area (Å²) in [7, 11) is 0. The Morgan fingerprint density at radius 2 is 1.95 bits per heavy atom. The molecule has 0 saturated carbocycles. The van der Waals surface area contributed by atoms with Gasteiger partial charge in [0.15, 0.2) is 0 Å². The molecule has 0 unspecified atom stereocenters. The first kappa shape index (κ1) is 15.8. The van der Waals surface area contributed by atoms with Gasteiger partial charge in [-0.3, -0.25) is 0 Å². The fourth-order valence-electron chi connectivity index (χ4n) is 1.90. The van der Waals surface area contributed by atoms with E-state index in [0.29, 0.717) is 11.0 Å². The molecule has 1 N–H and O–H groups in total. The normalized spacial score (nSPS) is 10.8. The Bertz CT molecular complexity index is 608. The molecule has 112 valence electrons. The number of halogens is 3. The van der Waals surface area contributed by atoms with Crippen LogP contribution >= 0.6 is 15.9 Å². The second-order valence-electron chi connectivity index (χ2n) is 4.91. The highest BCUT2D eigenvalue weighted by atomic mass is 79.9. The summed E-state index contributed by atoms with van der Waals surface area (Å²) in [6.07, 6.45) is 0.0943. The molecule has 0 heterocycles. The van der Waals surface area contributed by atoms with E-state index in [4.69, 9.17) is 4.74 Å². The molecule has 0 atom stereocenters. The van der Waals surface area contributed by atoms with Crippen LogP contribution in [-0.4, -0.2) is 6.10 Å². The van der Waals surface area contributed by atoms with E-state index in [-0.39, 0.29) is 11.8 Å². The number of benzene rings is 2. The van der Waals surface area contributed by atoms with Gasteiger partial charge < -0.3 is 10.1 Å². The van der Waals surface area contributed by atoms with Crippen molar-refractivity contribution in [3.05, 3.63) is 58.1 Å². The molecule has 0 aliphatic heterocycles. The van der Waals surface area contributed by atoms with Crippen molar-refractivity contribution >= 4 is 21.6 Å². The van der Waals surface area contributed by atoms with Gasteiger partial charge in [-0.2, -0.15) is 0 Å². The lowest BCUT2D eigenvalue weighted by Gasteiger charge is -2.13. The van der Waals surface area contributed by atoms with Crippen LogP contribution in [0.4, 0.5) is 14.5 Å². The zero-order valence-corrected chi connectivity index (χ0v) is 13.4. The Kier molecular flexibility index (Phi) is 5.17. The molecule has 0 amide bonds. The summed E-state index contributed by atoms with van der Waals surface area (Å²) in [6.45, 7) is 4.32. The predicted octanol–water partition coefficient (Wildman–Crippen LogP) is 5.13. The molecule has 0 radical (unpaired) electrons. The van der Waals surface area contributed by atoms with Crippen molar-refractivity contribution in [3.63, 3.8) is 0 Å². The van der Waals surface area contributed by atoms with Crippen LogP contribution in [0, 0.1) is 11.6 Å². The molecule has 0 bridgehead atoms. The van der Waals surface area contributed by atoms with Gasteiger partial charge in [-0.15, -0.1) is 0 Å². The van der Waals surface area contributed by atoms with Crippen LogP contribution < -0.4 is 10.1 Å². The van der Waals surface area contributed by atoms with Crippen molar-refractivity contribution in [1.29, 1.82) is 0 Å². The fraction of sp³-hybridized carbons (Fsp3) is 0.250. The third kappa shape index (κ3) is 4.43. The van der Waals surface area contributed by atoms with E-state index < -0.39 is 11.6 Å². The Morgan fingerprint density at radius 1 is 1.19 bits per heavy atom. The summed E-state index contributed by atoms with van der Waals surface area (Å²) in [5.41, 5.74) is 1.19. The standard InChI is InChI=1S/C16H16BrF2NO/c1-10(2)21-13-5-3-4-11(6-13)9-20-16-14(17)7-12(18)8-15(16)19/h3-8,10,20H,9H2,1-2H3. The zero-order chi connectivity index (χ0) is 15.4. The number of rotatable bonds is 5. The SMILES string of the molecule is CC(C)Oc1cccc(CNc2c(F)cc(F)cc2Br)c1. The first-order chi connectivity index (χ1) is 9.95. The van der Waals surface area contributed by atoms with E-state index in [1.165, 1.54) is 6.07 Å². The van der Waals surface area contributed by atoms with Crippen molar-refractivity contribution in [3.8, 4) is 5.75 Å². The van der Waals surface area contributed by atoms with Crippen LogP contribution in [-0.2, 0) is 6.54 Å². The topological polar surface area (TPSA) is 21.3 Å². The van der Waals surface area contributed by atoms with E-state index in [2.05, 4.69) is 21.2 Å². The molecular formula is C16H16BrF2NO. The van der Waals surface area contributed by atoms with Gasteiger partial charge in [-0.05, 0) is 53.5 Å². The number of hydrogen-bond donors (Lipinski definition) is 1. The smallest absolute Gasteiger partial charge is 0.150 e. The highest BCUT2D eigenvalue weighted by Crippen LogP contribution is 2.27. The van der Waals surface area contributed by atoms with E-state index >= 15 is 0 Å². The lowest BCUT2D eigenvalue weighted by molar-refractivity contribution is 0.242. The molecule has 0 aliphatic carbocycles. The molecular weight excluding hydrogens is 340 g/mol. The molecule has 0 fully saturated rings. The van der Waals surface area contributed by atoms with Crippen molar-refractivity contribution in [2.45, 2.75) is 26.5 Å². The number of ether oxygens (including phenoxy) is 1. The molecule has 2 aromatic carbocycles. The Morgan fingerprint density at radius 3 is 2.62 bits per heavy atom. The minimum absolute atomic E-state index is 0.0943. The van der Waals surface area contributed by atoms with E-state index in [1.54, 1.807) is 0 Å². The zero-order valence-electron chi connectivity index (χ0n) is 11.8. The van der Waals surface area contributed by atoms with Gasteiger partial charge in [0.2, 0.25) is 0 Å². The predicted molar refractivity (Wildman–Crippen MR) is 83.6 cm³/mol. The lowest BCUT2D eigenvalue weighted by Crippen LogP contribution is -2.07. The molecule has 21 heavy (non-hydrogen) atoms. The molecule has 0 saturated heterocycles. The molecule has 0 aromatic heterocycles. The number of hydrogen-bond acceptors (Lipinski definition) is 2. The third-order valence-electron chi connectivity index (χ3n) is 2.75. The van der Waals surface area contributed by atoms with Crippen LogP contribution in [0.15, 0.2) is 40.9 Å². The van der Waals surface area contributed by atoms with Crippen molar-refractivity contribution in [1.82, 2.24) is 0 Å². The average Bonchev–Trinajstić information content (AvgIpc) is 2.37. The Balaban J connectivity index is 2.10.